The van der Waals surface area contributed by atoms with Crippen molar-refractivity contribution in [2.24, 2.45) is 0 Å². The molecule has 74 valence electrons. The number of benzene rings is 1. The van der Waals surface area contributed by atoms with Crippen molar-refractivity contribution < 1.29 is 4.39 Å². The second kappa shape index (κ2) is 3.97. The summed E-state index contributed by atoms with van der Waals surface area (Å²) in [5, 5.41) is 8.79. The van der Waals surface area contributed by atoms with E-state index >= 15 is 0 Å². The lowest BCUT2D eigenvalue weighted by Crippen LogP contribution is -2.02. The highest BCUT2D eigenvalue weighted by molar-refractivity contribution is 5.25. The largest absolute Gasteiger partial charge is 0.335 e. The first-order valence-electron chi connectivity index (χ1n) is 4.60. The SMILES string of the molecule is N#Cc1cccn1Cc1ccccc1F. The minimum atomic E-state index is -0.241. The summed E-state index contributed by atoms with van der Waals surface area (Å²) in [4.78, 5) is 0. The molecule has 0 saturated carbocycles. The summed E-state index contributed by atoms with van der Waals surface area (Å²) >= 11 is 0. The molecule has 1 heterocycles. The Labute approximate surface area is 87.2 Å². The van der Waals surface area contributed by atoms with Gasteiger partial charge in [0.1, 0.15) is 17.6 Å². The van der Waals surface area contributed by atoms with Gasteiger partial charge in [0.15, 0.2) is 0 Å². The predicted molar refractivity (Wildman–Crippen MR) is 54.6 cm³/mol. The highest BCUT2D eigenvalue weighted by Gasteiger charge is 2.04. The van der Waals surface area contributed by atoms with Gasteiger partial charge < -0.3 is 4.57 Å². The fourth-order valence-corrected chi connectivity index (χ4v) is 1.46. The molecule has 0 atom stereocenters. The Morgan fingerprint density at radius 3 is 2.73 bits per heavy atom. The van der Waals surface area contributed by atoms with Crippen molar-refractivity contribution in [2.75, 3.05) is 0 Å². The highest BCUT2D eigenvalue weighted by Crippen LogP contribution is 2.10. The molecule has 0 radical (unpaired) electrons. The third-order valence-corrected chi connectivity index (χ3v) is 2.24. The van der Waals surface area contributed by atoms with Crippen LogP contribution in [0.15, 0.2) is 42.6 Å². The van der Waals surface area contributed by atoms with Crippen LogP contribution in [0.5, 0.6) is 0 Å². The van der Waals surface area contributed by atoms with E-state index in [0.717, 1.165) is 0 Å². The van der Waals surface area contributed by atoms with E-state index in [2.05, 4.69) is 6.07 Å². The molecular formula is C12H9FN2. The molecule has 15 heavy (non-hydrogen) atoms. The maximum atomic E-state index is 13.3. The molecule has 2 aromatic rings. The van der Waals surface area contributed by atoms with Gasteiger partial charge in [0.25, 0.3) is 0 Å². The van der Waals surface area contributed by atoms with Crippen LogP contribution in [0.3, 0.4) is 0 Å². The third kappa shape index (κ3) is 1.89. The van der Waals surface area contributed by atoms with E-state index in [0.29, 0.717) is 17.8 Å². The van der Waals surface area contributed by atoms with E-state index < -0.39 is 0 Å². The van der Waals surface area contributed by atoms with Gasteiger partial charge in [-0.1, -0.05) is 18.2 Å². The van der Waals surface area contributed by atoms with Crippen molar-refractivity contribution >= 4 is 0 Å². The number of aromatic nitrogens is 1. The molecule has 3 heteroatoms. The van der Waals surface area contributed by atoms with Gasteiger partial charge in [0.05, 0.1) is 6.54 Å². The maximum absolute atomic E-state index is 13.3. The molecule has 0 spiro atoms. The van der Waals surface area contributed by atoms with Crippen molar-refractivity contribution in [1.29, 1.82) is 5.26 Å². The van der Waals surface area contributed by atoms with Crippen molar-refractivity contribution in [3.05, 3.63) is 59.7 Å². The summed E-state index contributed by atoms with van der Waals surface area (Å²) < 4.78 is 15.0. The molecule has 0 N–H and O–H groups in total. The lowest BCUT2D eigenvalue weighted by molar-refractivity contribution is 0.599. The van der Waals surface area contributed by atoms with Crippen LogP contribution in [0, 0.1) is 17.1 Å². The first-order chi connectivity index (χ1) is 7.31. The predicted octanol–water partition coefficient (Wildman–Crippen LogP) is 2.55. The fraction of sp³-hybridized carbons (Fsp3) is 0.0833. The lowest BCUT2D eigenvalue weighted by Gasteiger charge is -2.05. The van der Waals surface area contributed by atoms with Gasteiger partial charge in [-0.05, 0) is 18.2 Å². The Morgan fingerprint density at radius 2 is 2.00 bits per heavy atom. The van der Waals surface area contributed by atoms with Crippen molar-refractivity contribution in [3.63, 3.8) is 0 Å². The zero-order valence-corrected chi connectivity index (χ0v) is 8.02. The number of hydrogen-bond acceptors (Lipinski definition) is 1. The molecule has 1 aromatic heterocycles. The van der Waals surface area contributed by atoms with Gasteiger partial charge in [-0.25, -0.2) is 4.39 Å². The molecule has 0 saturated heterocycles. The lowest BCUT2D eigenvalue weighted by atomic mass is 10.2. The molecule has 0 bridgehead atoms. The summed E-state index contributed by atoms with van der Waals surface area (Å²) in [5.41, 5.74) is 1.13. The molecule has 0 fully saturated rings. The third-order valence-electron chi connectivity index (χ3n) is 2.24. The van der Waals surface area contributed by atoms with Gasteiger partial charge in [0.2, 0.25) is 0 Å². The fourth-order valence-electron chi connectivity index (χ4n) is 1.46. The van der Waals surface area contributed by atoms with Crippen LogP contribution in [0.25, 0.3) is 0 Å². The van der Waals surface area contributed by atoms with Crippen molar-refractivity contribution in [1.82, 2.24) is 4.57 Å². The minimum absolute atomic E-state index is 0.241. The average molecular weight is 200 g/mol. The minimum Gasteiger partial charge on any atom is -0.335 e. The van der Waals surface area contributed by atoms with Crippen molar-refractivity contribution in [3.8, 4) is 6.07 Å². The first kappa shape index (κ1) is 9.47. The second-order valence-electron chi connectivity index (χ2n) is 3.22. The smallest absolute Gasteiger partial charge is 0.128 e. The number of nitrogens with zero attached hydrogens (tertiary/aromatic N) is 2. The zero-order valence-electron chi connectivity index (χ0n) is 8.02. The van der Waals surface area contributed by atoms with Gasteiger partial charge in [-0.2, -0.15) is 5.26 Å². The van der Waals surface area contributed by atoms with Crippen LogP contribution in [0.2, 0.25) is 0 Å². The number of nitriles is 1. The van der Waals surface area contributed by atoms with Gasteiger partial charge in [-0.15, -0.1) is 0 Å². The average Bonchev–Trinajstić information content (AvgIpc) is 2.69. The second-order valence-corrected chi connectivity index (χ2v) is 3.22. The Balaban J connectivity index is 2.31. The molecule has 1 aromatic carbocycles. The molecule has 0 aliphatic rings. The van der Waals surface area contributed by atoms with E-state index in [4.69, 9.17) is 5.26 Å². The molecule has 0 aliphatic heterocycles. The molecule has 2 rings (SSSR count). The summed E-state index contributed by atoms with van der Waals surface area (Å²) in [6.45, 7) is 0.391. The Kier molecular flexibility index (Phi) is 2.51. The topological polar surface area (TPSA) is 28.7 Å². The Hall–Kier alpha value is -2.08. The molecule has 0 aliphatic carbocycles. The van der Waals surface area contributed by atoms with Gasteiger partial charge in [-0.3, -0.25) is 0 Å². The van der Waals surface area contributed by atoms with Gasteiger partial charge in [0, 0.05) is 11.8 Å². The normalized spacial score (nSPS) is 9.87. The first-order valence-corrected chi connectivity index (χ1v) is 4.60. The maximum Gasteiger partial charge on any atom is 0.128 e. The standard InChI is InChI=1S/C12H9FN2/c13-12-6-2-1-4-10(12)9-15-7-3-5-11(15)8-14/h1-7H,9H2. The van der Waals surface area contributed by atoms with E-state index in [1.807, 2.05) is 0 Å². The van der Waals surface area contributed by atoms with Crippen LogP contribution >= 0.6 is 0 Å². The Bertz CT molecular complexity index is 508. The van der Waals surface area contributed by atoms with Gasteiger partial charge >= 0.3 is 0 Å². The molecule has 0 amide bonds. The van der Waals surface area contributed by atoms with Crippen LogP contribution in [0.1, 0.15) is 11.3 Å². The van der Waals surface area contributed by atoms with E-state index in [1.54, 1.807) is 41.1 Å². The summed E-state index contributed by atoms with van der Waals surface area (Å²) in [6, 6.07) is 12.1. The van der Waals surface area contributed by atoms with Crippen LogP contribution in [-0.4, -0.2) is 4.57 Å². The van der Waals surface area contributed by atoms with Crippen molar-refractivity contribution in [2.45, 2.75) is 6.54 Å². The number of rotatable bonds is 2. The summed E-state index contributed by atoms with van der Waals surface area (Å²) in [6.07, 6.45) is 1.77. The zero-order chi connectivity index (χ0) is 10.7. The monoisotopic (exact) mass is 200 g/mol. The highest BCUT2D eigenvalue weighted by atomic mass is 19.1. The van der Waals surface area contributed by atoms with Crippen LogP contribution < -0.4 is 0 Å². The Morgan fingerprint density at radius 1 is 1.20 bits per heavy atom. The molecule has 2 nitrogen and oxygen atoms in total. The summed E-state index contributed by atoms with van der Waals surface area (Å²) in [7, 11) is 0. The molecular weight excluding hydrogens is 191 g/mol. The van der Waals surface area contributed by atoms with Crippen LogP contribution in [0.4, 0.5) is 4.39 Å². The summed E-state index contributed by atoms with van der Waals surface area (Å²) in [5.74, 6) is -0.241. The van der Waals surface area contributed by atoms with Crippen LogP contribution in [-0.2, 0) is 6.54 Å². The van der Waals surface area contributed by atoms with E-state index in [1.165, 1.54) is 6.07 Å². The number of halogens is 1. The number of hydrogen-bond donors (Lipinski definition) is 0. The van der Waals surface area contributed by atoms with E-state index in [9.17, 15) is 4.39 Å². The van der Waals surface area contributed by atoms with E-state index in [-0.39, 0.29) is 5.82 Å². The quantitative estimate of drug-likeness (QED) is 0.732. The molecule has 0 unspecified atom stereocenters.